The van der Waals surface area contributed by atoms with Crippen LogP contribution in [0.4, 0.5) is 0 Å². The standard InChI is InChI=1S/C27H31N3O2S/c1-5-7-20-14-19(10-13-25(20)32-18(2)3)17-33-26(16-29-4)23-9-6-8-22-21(23)11-12-24(22)30-27(31)15-28/h6,8-10,13-14,16,18,24H,4,11-12,15,17,28H2,1-3H3,(H,30,31)/b26-16-. The predicted molar refractivity (Wildman–Crippen MR) is 138 cm³/mol. The van der Waals surface area contributed by atoms with E-state index in [2.05, 4.69) is 53.1 Å². The molecule has 1 amide bonds. The van der Waals surface area contributed by atoms with Crippen LogP contribution in [0.2, 0.25) is 0 Å². The maximum absolute atomic E-state index is 11.8. The van der Waals surface area contributed by atoms with Crippen molar-refractivity contribution in [3.05, 3.63) is 70.4 Å². The second-order valence-electron chi connectivity index (χ2n) is 8.07. The fraction of sp³-hybridized carbons (Fsp3) is 0.333. The van der Waals surface area contributed by atoms with Gasteiger partial charge in [0.2, 0.25) is 5.91 Å². The summed E-state index contributed by atoms with van der Waals surface area (Å²) in [6.45, 7) is 9.52. The van der Waals surface area contributed by atoms with E-state index in [1.54, 1.807) is 11.8 Å². The normalized spacial score (nSPS) is 14.9. The molecule has 0 radical (unpaired) electrons. The van der Waals surface area contributed by atoms with E-state index >= 15 is 0 Å². The SMILES string of the molecule is C=N/C=C(\SCc1ccc(OC(C)C)c(C#CC)c1)c1cccc2c1CCC2NC(=O)CN. The van der Waals surface area contributed by atoms with Crippen LogP contribution in [0.5, 0.6) is 5.75 Å². The number of aliphatic imine (C=N–C) groups is 1. The maximum Gasteiger partial charge on any atom is 0.234 e. The van der Waals surface area contributed by atoms with Gasteiger partial charge >= 0.3 is 0 Å². The summed E-state index contributed by atoms with van der Waals surface area (Å²) in [5.41, 5.74) is 11.1. The Balaban J connectivity index is 1.83. The van der Waals surface area contributed by atoms with Crippen molar-refractivity contribution in [1.29, 1.82) is 0 Å². The fourth-order valence-electron chi connectivity index (χ4n) is 3.97. The van der Waals surface area contributed by atoms with Gasteiger partial charge in [0.1, 0.15) is 5.75 Å². The number of hydrogen-bond acceptors (Lipinski definition) is 5. The van der Waals surface area contributed by atoms with E-state index < -0.39 is 0 Å². The first-order chi connectivity index (χ1) is 16.0. The van der Waals surface area contributed by atoms with Gasteiger partial charge in [-0.05, 0) is 74.7 Å². The lowest BCUT2D eigenvalue weighted by molar-refractivity contribution is -0.120. The van der Waals surface area contributed by atoms with E-state index in [-0.39, 0.29) is 24.6 Å². The molecule has 1 atom stereocenters. The molecule has 0 spiro atoms. The van der Waals surface area contributed by atoms with E-state index in [0.29, 0.717) is 0 Å². The Morgan fingerprint density at radius 3 is 2.91 bits per heavy atom. The molecule has 0 saturated carbocycles. The molecule has 5 nitrogen and oxygen atoms in total. The lowest BCUT2D eigenvalue weighted by Crippen LogP contribution is -2.32. The van der Waals surface area contributed by atoms with Crippen LogP contribution < -0.4 is 15.8 Å². The van der Waals surface area contributed by atoms with Gasteiger partial charge in [0.25, 0.3) is 0 Å². The van der Waals surface area contributed by atoms with Crippen molar-refractivity contribution in [2.24, 2.45) is 10.7 Å². The van der Waals surface area contributed by atoms with Crippen molar-refractivity contribution in [2.45, 2.75) is 51.5 Å². The van der Waals surface area contributed by atoms with Gasteiger partial charge in [0.05, 0.1) is 24.3 Å². The minimum absolute atomic E-state index is 0.00168. The van der Waals surface area contributed by atoms with Gasteiger partial charge in [-0.15, -0.1) is 17.7 Å². The third-order valence-electron chi connectivity index (χ3n) is 5.33. The molecule has 6 heteroatoms. The summed E-state index contributed by atoms with van der Waals surface area (Å²) in [6.07, 6.45) is 3.67. The van der Waals surface area contributed by atoms with Crippen LogP contribution >= 0.6 is 11.8 Å². The molecule has 3 rings (SSSR count). The molecule has 33 heavy (non-hydrogen) atoms. The first kappa shape index (κ1) is 24.6. The van der Waals surface area contributed by atoms with Crippen molar-refractivity contribution < 1.29 is 9.53 Å². The van der Waals surface area contributed by atoms with E-state index in [0.717, 1.165) is 51.5 Å². The average molecular weight is 462 g/mol. The monoisotopic (exact) mass is 461 g/mol. The van der Waals surface area contributed by atoms with Crippen LogP contribution in [0.1, 0.15) is 61.1 Å². The highest BCUT2D eigenvalue weighted by Crippen LogP contribution is 2.40. The number of fused-ring (bicyclic) bond motifs is 1. The highest BCUT2D eigenvalue weighted by molar-refractivity contribution is 8.07. The number of nitrogens with one attached hydrogen (secondary N) is 1. The van der Waals surface area contributed by atoms with Gasteiger partial charge in [-0.3, -0.25) is 9.79 Å². The van der Waals surface area contributed by atoms with Gasteiger partial charge < -0.3 is 15.8 Å². The lowest BCUT2D eigenvalue weighted by atomic mass is 10.0. The third kappa shape index (κ3) is 6.28. The Kier molecular flexibility index (Phi) is 8.76. The summed E-state index contributed by atoms with van der Waals surface area (Å²) in [6, 6.07) is 12.4. The molecule has 0 aliphatic heterocycles. The van der Waals surface area contributed by atoms with Crippen LogP contribution in [0, 0.1) is 11.8 Å². The van der Waals surface area contributed by atoms with Crippen LogP contribution in [0.3, 0.4) is 0 Å². The topological polar surface area (TPSA) is 76.7 Å². The zero-order valence-electron chi connectivity index (χ0n) is 19.5. The van der Waals surface area contributed by atoms with Crippen LogP contribution in [-0.4, -0.2) is 25.3 Å². The van der Waals surface area contributed by atoms with E-state index in [4.69, 9.17) is 10.5 Å². The Morgan fingerprint density at radius 1 is 1.39 bits per heavy atom. The quantitative estimate of drug-likeness (QED) is 0.414. The summed E-state index contributed by atoms with van der Waals surface area (Å²) >= 11 is 1.72. The second-order valence-corrected chi connectivity index (χ2v) is 9.09. The largest absolute Gasteiger partial charge is 0.490 e. The second kappa shape index (κ2) is 11.7. The van der Waals surface area contributed by atoms with E-state index in [1.165, 1.54) is 5.56 Å². The summed E-state index contributed by atoms with van der Waals surface area (Å²) in [5.74, 6) is 7.57. The van der Waals surface area contributed by atoms with Crippen molar-refractivity contribution in [3.63, 3.8) is 0 Å². The Morgan fingerprint density at radius 2 is 2.21 bits per heavy atom. The molecule has 0 aromatic heterocycles. The number of rotatable bonds is 9. The van der Waals surface area contributed by atoms with E-state index in [9.17, 15) is 4.79 Å². The number of ether oxygens (including phenoxy) is 1. The summed E-state index contributed by atoms with van der Waals surface area (Å²) in [7, 11) is 0. The minimum atomic E-state index is -0.132. The zero-order valence-corrected chi connectivity index (χ0v) is 20.3. The average Bonchev–Trinajstić information content (AvgIpc) is 3.21. The van der Waals surface area contributed by atoms with Gasteiger partial charge in [0.15, 0.2) is 0 Å². The molecule has 0 fully saturated rings. The fourth-order valence-corrected chi connectivity index (χ4v) is 4.97. The molecule has 1 unspecified atom stereocenters. The molecule has 2 aromatic rings. The first-order valence-corrected chi connectivity index (χ1v) is 12.1. The lowest BCUT2D eigenvalue weighted by Gasteiger charge is -2.16. The van der Waals surface area contributed by atoms with Gasteiger partial charge in [-0.2, -0.15) is 0 Å². The van der Waals surface area contributed by atoms with Crippen LogP contribution in [0.25, 0.3) is 4.91 Å². The number of benzene rings is 2. The molecule has 1 aliphatic rings. The van der Waals surface area contributed by atoms with Crippen molar-refractivity contribution in [3.8, 4) is 17.6 Å². The Hall–Kier alpha value is -3.01. The maximum atomic E-state index is 11.8. The highest BCUT2D eigenvalue weighted by Gasteiger charge is 2.26. The van der Waals surface area contributed by atoms with Crippen LogP contribution in [-0.2, 0) is 17.0 Å². The number of carbonyl (C=O) groups is 1. The summed E-state index contributed by atoms with van der Waals surface area (Å²) in [5, 5.41) is 3.03. The molecular weight excluding hydrogens is 430 g/mol. The molecule has 0 heterocycles. The number of thioether (sulfide) groups is 1. The molecule has 2 aromatic carbocycles. The Bertz CT molecular complexity index is 1110. The van der Waals surface area contributed by atoms with Gasteiger partial charge in [-0.25, -0.2) is 0 Å². The summed E-state index contributed by atoms with van der Waals surface area (Å²) in [4.78, 5) is 16.9. The number of hydrogen-bond donors (Lipinski definition) is 2. The number of carbonyl (C=O) groups excluding carboxylic acids is 1. The van der Waals surface area contributed by atoms with Gasteiger partial charge in [-0.1, -0.05) is 30.2 Å². The van der Waals surface area contributed by atoms with E-state index in [1.807, 2.05) is 39.1 Å². The third-order valence-corrected chi connectivity index (χ3v) is 6.44. The first-order valence-electron chi connectivity index (χ1n) is 11.1. The van der Waals surface area contributed by atoms with Crippen molar-refractivity contribution in [2.75, 3.05) is 6.54 Å². The number of nitrogens with zero attached hydrogens (tertiary/aromatic N) is 1. The molecule has 0 saturated heterocycles. The summed E-state index contributed by atoms with van der Waals surface area (Å²) < 4.78 is 5.90. The molecular formula is C27H31N3O2S. The smallest absolute Gasteiger partial charge is 0.234 e. The van der Waals surface area contributed by atoms with Crippen molar-refractivity contribution in [1.82, 2.24) is 5.32 Å². The van der Waals surface area contributed by atoms with Gasteiger partial charge in [0, 0.05) is 16.9 Å². The molecule has 0 bridgehead atoms. The zero-order chi connectivity index (χ0) is 23.8. The van der Waals surface area contributed by atoms with Crippen molar-refractivity contribution >= 4 is 29.3 Å². The van der Waals surface area contributed by atoms with Crippen LogP contribution in [0.15, 0.2) is 47.6 Å². The Labute approximate surface area is 200 Å². The predicted octanol–water partition coefficient (Wildman–Crippen LogP) is 4.84. The molecule has 1 aliphatic carbocycles. The number of amides is 1. The molecule has 172 valence electrons. The minimum Gasteiger partial charge on any atom is -0.490 e. The molecule has 3 N–H and O–H groups in total. The number of nitrogens with two attached hydrogens (primary N) is 1. The highest BCUT2D eigenvalue weighted by atomic mass is 32.2.